The molecule has 3 N–H and O–H groups in total. The van der Waals surface area contributed by atoms with Gasteiger partial charge in [-0.05, 0) is 30.9 Å². The molecule has 7 heteroatoms. The van der Waals surface area contributed by atoms with E-state index in [4.69, 9.17) is 15.2 Å². The maximum atomic E-state index is 12.5. The highest BCUT2D eigenvalue weighted by Crippen LogP contribution is 2.31. The molecule has 3 atom stereocenters. The van der Waals surface area contributed by atoms with Gasteiger partial charge in [0.25, 0.3) is 0 Å². The third-order valence-electron chi connectivity index (χ3n) is 5.34. The highest BCUT2D eigenvalue weighted by atomic mass is 35.5. The average molecular weight is 384 g/mol. The average Bonchev–Trinajstić information content (AvgIpc) is 2.61. The summed E-state index contributed by atoms with van der Waals surface area (Å²) in [6.07, 6.45) is 0.748. The van der Waals surface area contributed by atoms with Gasteiger partial charge in [0, 0.05) is 19.1 Å². The summed E-state index contributed by atoms with van der Waals surface area (Å²) in [5, 5.41) is 3.00. The molecule has 0 bridgehead atoms. The Morgan fingerprint density at radius 1 is 1.38 bits per heavy atom. The number of nitrogens with two attached hydrogens (primary N) is 1. The lowest BCUT2D eigenvalue weighted by atomic mass is 9.79. The molecule has 1 amide bonds. The van der Waals surface area contributed by atoms with E-state index in [1.165, 1.54) is 0 Å². The first-order valence-electron chi connectivity index (χ1n) is 9.02. The standard InChI is InChI=1S/C19H29N3O3.ClH/c1-13(22-9-8-17(20)19(2,3)12-22)18(23)21-10-14-11-24-15-6-4-5-7-16(15)25-14;/h4-7,13-14,17H,8-12,20H2,1-3H3,(H,21,23);1H. The topological polar surface area (TPSA) is 76.8 Å². The van der Waals surface area contributed by atoms with Gasteiger partial charge in [-0.3, -0.25) is 9.69 Å². The molecule has 3 unspecified atom stereocenters. The van der Waals surface area contributed by atoms with Crippen LogP contribution in [0.4, 0.5) is 0 Å². The van der Waals surface area contributed by atoms with Crippen LogP contribution in [0.2, 0.25) is 0 Å². The van der Waals surface area contributed by atoms with E-state index in [0.717, 1.165) is 31.0 Å². The maximum Gasteiger partial charge on any atom is 0.237 e. The summed E-state index contributed by atoms with van der Waals surface area (Å²) >= 11 is 0. The second-order valence-corrected chi connectivity index (χ2v) is 7.77. The summed E-state index contributed by atoms with van der Waals surface area (Å²) in [4.78, 5) is 14.8. The SMILES string of the molecule is CC(C(=O)NCC1COc2ccccc2O1)N1CCC(N)C(C)(C)C1.Cl. The highest BCUT2D eigenvalue weighted by molar-refractivity contribution is 5.85. The molecule has 0 spiro atoms. The summed E-state index contributed by atoms with van der Waals surface area (Å²) in [6.45, 7) is 8.86. The zero-order valence-corrected chi connectivity index (χ0v) is 16.6. The summed E-state index contributed by atoms with van der Waals surface area (Å²) < 4.78 is 11.6. The molecule has 0 aromatic heterocycles. The van der Waals surface area contributed by atoms with Crippen molar-refractivity contribution in [3.05, 3.63) is 24.3 Å². The van der Waals surface area contributed by atoms with E-state index in [1.807, 2.05) is 31.2 Å². The van der Waals surface area contributed by atoms with E-state index in [-0.39, 0.29) is 41.9 Å². The summed E-state index contributed by atoms with van der Waals surface area (Å²) in [7, 11) is 0. The molecule has 1 saturated heterocycles. The molecule has 1 aromatic rings. The number of hydrogen-bond acceptors (Lipinski definition) is 5. The van der Waals surface area contributed by atoms with E-state index >= 15 is 0 Å². The van der Waals surface area contributed by atoms with Gasteiger partial charge in [-0.1, -0.05) is 26.0 Å². The number of carbonyl (C=O) groups excluding carboxylic acids is 1. The Morgan fingerprint density at radius 3 is 2.77 bits per heavy atom. The zero-order valence-electron chi connectivity index (χ0n) is 15.7. The van der Waals surface area contributed by atoms with E-state index in [0.29, 0.717) is 13.2 Å². The Labute approximate surface area is 161 Å². The maximum absolute atomic E-state index is 12.5. The van der Waals surface area contributed by atoms with Crippen LogP contribution in [0.5, 0.6) is 11.5 Å². The number of amides is 1. The van der Waals surface area contributed by atoms with Crippen LogP contribution in [0.3, 0.4) is 0 Å². The van der Waals surface area contributed by atoms with Crippen LogP contribution in [0.25, 0.3) is 0 Å². The first-order valence-corrected chi connectivity index (χ1v) is 9.02. The third kappa shape index (κ3) is 4.61. The molecule has 0 radical (unpaired) electrons. The number of hydrogen-bond donors (Lipinski definition) is 2. The molecule has 1 fully saturated rings. The van der Waals surface area contributed by atoms with Crippen LogP contribution in [-0.2, 0) is 4.79 Å². The van der Waals surface area contributed by atoms with Crippen LogP contribution in [0.15, 0.2) is 24.3 Å². The van der Waals surface area contributed by atoms with Gasteiger partial charge in [0.05, 0.1) is 12.6 Å². The van der Waals surface area contributed by atoms with Gasteiger partial charge in [0.2, 0.25) is 5.91 Å². The quantitative estimate of drug-likeness (QED) is 0.829. The molecule has 0 aliphatic carbocycles. The lowest BCUT2D eigenvalue weighted by molar-refractivity contribution is -0.127. The molecule has 2 heterocycles. The van der Waals surface area contributed by atoms with Crippen molar-refractivity contribution >= 4 is 18.3 Å². The second kappa shape index (κ2) is 8.46. The van der Waals surface area contributed by atoms with E-state index in [2.05, 4.69) is 24.1 Å². The van der Waals surface area contributed by atoms with Crippen molar-refractivity contribution in [2.75, 3.05) is 26.2 Å². The molecule has 3 rings (SSSR count). The number of nitrogens with one attached hydrogen (secondary N) is 1. The molecule has 2 aliphatic rings. The van der Waals surface area contributed by atoms with Crippen LogP contribution in [0.1, 0.15) is 27.2 Å². The predicted molar refractivity (Wildman–Crippen MR) is 104 cm³/mol. The largest absolute Gasteiger partial charge is 0.486 e. The lowest BCUT2D eigenvalue weighted by Crippen LogP contribution is -2.57. The van der Waals surface area contributed by atoms with Crippen LogP contribution >= 0.6 is 12.4 Å². The summed E-state index contributed by atoms with van der Waals surface area (Å²) in [5.74, 6) is 1.51. The Hall–Kier alpha value is -1.50. The number of ether oxygens (including phenoxy) is 2. The first-order chi connectivity index (χ1) is 11.9. The summed E-state index contributed by atoms with van der Waals surface area (Å²) in [6, 6.07) is 7.60. The van der Waals surface area contributed by atoms with Gasteiger partial charge in [-0.2, -0.15) is 0 Å². The fraction of sp³-hybridized carbons (Fsp3) is 0.632. The number of para-hydroxylation sites is 2. The molecule has 0 saturated carbocycles. The van der Waals surface area contributed by atoms with Gasteiger partial charge >= 0.3 is 0 Å². The highest BCUT2D eigenvalue weighted by Gasteiger charge is 2.36. The molecule has 26 heavy (non-hydrogen) atoms. The first kappa shape index (κ1) is 20.8. The minimum atomic E-state index is -0.177. The van der Waals surface area contributed by atoms with Crippen molar-refractivity contribution in [1.29, 1.82) is 0 Å². The Bertz CT molecular complexity index is 626. The molecular weight excluding hydrogens is 354 g/mol. The van der Waals surface area contributed by atoms with Crippen LogP contribution < -0.4 is 20.5 Å². The van der Waals surface area contributed by atoms with Crippen molar-refractivity contribution in [3.8, 4) is 11.5 Å². The van der Waals surface area contributed by atoms with Crippen molar-refractivity contribution in [2.45, 2.75) is 45.4 Å². The molecular formula is C19H30ClN3O3. The predicted octanol–water partition coefficient (Wildman–Crippen LogP) is 1.81. The fourth-order valence-corrected chi connectivity index (χ4v) is 3.44. The lowest BCUT2D eigenvalue weighted by Gasteiger charge is -2.44. The molecule has 146 valence electrons. The normalized spacial score (nSPS) is 25.7. The van der Waals surface area contributed by atoms with Gasteiger partial charge in [-0.15, -0.1) is 12.4 Å². The van der Waals surface area contributed by atoms with Gasteiger partial charge in [0.15, 0.2) is 11.5 Å². The van der Waals surface area contributed by atoms with Crippen molar-refractivity contribution < 1.29 is 14.3 Å². The molecule has 6 nitrogen and oxygen atoms in total. The van der Waals surface area contributed by atoms with Crippen molar-refractivity contribution in [2.24, 2.45) is 11.1 Å². The number of halogens is 1. The van der Waals surface area contributed by atoms with E-state index in [1.54, 1.807) is 0 Å². The minimum absolute atomic E-state index is 0. The Balaban J connectivity index is 0.00000243. The van der Waals surface area contributed by atoms with Crippen molar-refractivity contribution in [3.63, 3.8) is 0 Å². The van der Waals surface area contributed by atoms with E-state index < -0.39 is 0 Å². The molecule has 2 aliphatic heterocycles. The number of likely N-dealkylation sites (tertiary alicyclic amines) is 1. The smallest absolute Gasteiger partial charge is 0.237 e. The number of nitrogens with zero attached hydrogens (tertiary/aromatic N) is 1. The monoisotopic (exact) mass is 383 g/mol. The minimum Gasteiger partial charge on any atom is -0.486 e. The van der Waals surface area contributed by atoms with Gasteiger partial charge in [0.1, 0.15) is 12.7 Å². The van der Waals surface area contributed by atoms with Gasteiger partial charge in [-0.25, -0.2) is 0 Å². The number of rotatable bonds is 4. The van der Waals surface area contributed by atoms with Gasteiger partial charge < -0.3 is 20.5 Å². The zero-order chi connectivity index (χ0) is 18.0. The van der Waals surface area contributed by atoms with E-state index in [9.17, 15) is 4.79 Å². The molecule has 1 aromatic carbocycles. The summed E-state index contributed by atoms with van der Waals surface area (Å²) in [5.41, 5.74) is 6.21. The van der Waals surface area contributed by atoms with Crippen LogP contribution in [0, 0.1) is 5.41 Å². The van der Waals surface area contributed by atoms with Crippen LogP contribution in [-0.4, -0.2) is 55.2 Å². The number of carbonyl (C=O) groups is 1. The fourth-order valence-electron chi connectivity index (χ4n) is 3.44. The second-order valence-electron chi connectivity index (χ2n) is 7.77. The third-order valence-corrected chi connectivity index (χ3v) is 5.34. The number of piperidine rings is 1. The number of fused-ring (bicyclic) bond motifs is 1. The number of benzene rings is 1. The Morgan fingerprint density at radius 2 is 2.08 bits per heavy atom. The Kier molecular flexibility index (Phi) is 6.77. The van der Waals surface area contributed by atoms with Crippen molar-refractivity contribution in [1.82, 2.24) is 10.2 Å².